The standard InChI is InChI=1S/C11H17NO4/c1-16-8-5-7(6-8)10(13)12-4-2-3-9(12)11(14)15/h7-9H,2-6H2,1H3,(H,14,15). The minimum atomic E-state index is -0.881. The van der Waals surface area contributed by atoms with Crippen molar-refractivity contribution in [3.05, 3.63) is 0 Å². The van der Waals surface area contributed by atoms with E-state index in [4.69, 9.17) is 9.84 Å². The number of rotatable bonds is 3. The lowest BCUT2D eigenvalue weighted by Crippen LogP contribution is -2.48. The number of nitrogens with zero attached hydrogens (tertiary/aromatic N) is 1. The van der Waals surface area contributed by atoms with Crippen LogP contribution in [0.5, 0.6) is 0 Å². The van der Waals surface area contributed by atoms with Crippen LogP contribution in [0, 0.1) is 5.92 Å². The summed E-state index contributed by atoms with van der Waals surface area (Å²) in [5, 5.41) is 8.98. The molecule has 1 saturated carbocycles. The molecule has 90 valence electrons. The number of hydrogen-bond donors (Lipinski definition) is 1. The van der Waals surface area contributed by atoms with Gasteiger partial charge in [0.25, 0.3) is 0 Å². The molecule has 0 aromatic heterocycles. The third kappa shape index (κ3) is 1.91. The van der Waals surface area contributed by atoms with Crippen molar-refractivity contribution in [2.75, 3.05) is 13.7 Å². The van der Waals surface area contributed by atoms with Gasteiger partial charge in [-0.3, -0.25) is 4.79 Å². The molecule has 5 heteroatoms. The first-order valence-electron chi connectivity index (χ1n) is 5.69. The molecule has 1 unspecified atom stereocenters. The fraction of sp³-hybridized carbons (Fsp3) is 0.818. The van der Waals surface area contributed by atoms with E-state index in [1.54, 1.807) is 7.11 Å². The Morgan fingerprint density at radius 3 is 2.62 bits per heavy atom. The molecule has 0 radical (unpaired) electrons. The molecule has 16 heavy (non-hydrogen) atoms. The Labute approximate surface area is 94.4 Å². The van der Waals surface area contributed by atoms with Crippen LogP contribution in [0.25, 0.3) is 0 Å². The second-order valence-electron chi connectivity index (χ2n) is 4.55. The maximum atomic E-state index is 12.0. The maximum absolute atomic E-state index is 12.0. The second-order valence-corrected chi connectivity index (χ2v) is 4.55. The molecule has 0 aromatic rings. The van der Waals surface area contributed by atoms with Gasteiger partial charge in [-0.25, -0.2) is 4.79 Å². The molecule has 1 saturated heterocycles. The first-order valence-corrected chi connectivity index (χ1v) is 5.69. The van der Waals surface area contributed by atoms with Crippen LogP contribution in [0.15, 0.2) is 0 Å². The number of carboxylic acids is 1. The molecule has 2 aliphatic rings. The Morgan fingerprint density at radius 1 is 1.38 bits per heavy atom. The number of methoxy groups -OCH3 is 1. The molecule has 2 rings (SSSR count). The van der Waals surface area contributed by atoms with Gasteiger partial charge in [0.2, 0.25) is 5.91 Å². The van der Waals surface area contributed by atoms with E-state index >= 15 is 0 Å². The van der Waals surface area contributed by atoms with Crippen molar-refractivity contribution in [1.82, 2.24) is 4.90 Å². The second kappa shape index (κ2) is 4.41. The van der Waals surface area contributed by atoms with Gasteiger partial charge >= 0.3 is 5.97 Å². The Bertz CT molecular complexity index is 298. The lowest BCUT2D eigenvalue weighted by Gasteiger charge is -2.36. The quantitative estimate of drug-likeness (QED) is 0.761. The largest absolute Gasteiger partial charge is 0.480 e. The molecule has 1 aliphatic carbocycles. The van der Waals surface area contributed by atoms with Gasteiger partial charge < -0.3 is 14.7 Å². The van der Waals surface area contributed by atoms with E-state index in [9.17, 15) is 9.59 Å². The number of carboxylic acid groups (broad SMARTS) is 1. The average molecular weight is 227 g/mol. The Hall–Kier alpha value is -1.10. The van der Waals surface area contributed by atoms with Gasteiger partial charge in [-0.05, 0) is 25.7 Å². The van der Waals surface area contributed by atoms with Crippen molar-refractivity contribution in [3.63, 3.8) is 0 Å². The number of hydrogen-bond acceptors (Lipinski definition) is 3. The van der Waals surface area contributed by atoms with Crippen LogP contribution in [-0.4, -0.2) is 47.7 Å². The van der Waals surface area contributed by atoms with Gasteiger partial charge in [-0.1, -0.05) is 0 Å². The maximum Gasteiger partial charge on any atom is 0.326 e. The molecule has 2 fully saturated rings. The predicted octanol–water partition coefficient (Wildman–Crippen LogP) is 0.487. The average Bonchev–Trinajstić information content (AvgIpc) is 2.63. The molecule has 5 nitrogen and oxygen atoms in total. The van der Waals surface area contributed by atoms with Crippen molar-refractivity contribution in [2.45, 2.75) is 37.8 Å². The van der Waals surface area contributed by atoms with Crippen molar-refractivity contribution >= 4 is 11.9 Å². The lowest BCUT2D eigenvalue weighted by molar-refractivity contribution is -0.153. The highest BCUT2D eigenvalue weighted by Gasteiger charge is 2.42. The van der Waals surface area contributed by atoms with Crippen LogP contribution < -0.4 is 0 Å². The van der Waals surface area contributed by atoms with Crippen LogP contribution in [0.4, 0.5) is 0 Å². The summed E-state index contributed by atoms with van der Waals surface area (Å²) < 4.78 is 5.12. The fourth-order valence-corrected chi connectivity index (χ4v) is 2.48. The van der Waals surface area contributed by atoms with Gasteiger partial charge in [-0.2, -0.15) is 0 Å². The minimum Gasteiger partial charge on any atom is -0.480 e. The minimum absolute atomic E-state index is 0.00167. The summed E-state index contributed by atoms with van der Waals surface area (Å²) in [6, 6.07) is -0.603. The van der Waals surface area contributed by atoms with E-state index in [1.807, 2.05) is 0 Å². The van der Waals surface area contributed by atoms with Crippen LogP contribution in [0.2, 0.25) is 0 Å². The van der Waals surface area contributed by atoms with Crippen LogP contribution >= 0.6 is 0 Å². The van der Waals surface area contributed by atoms with Crippen LogP contribution in [0.3, 0.4) is 0 Å². The molecule has 0 bridgehead atoms. The first-order chi connectivity index (χ1) is 7.63. The molecule has 1 N–H and O–H groups in total. The summed E-state index contributed by atoms with van der Waals surface area (Å²) in [6.07, 6.45) is 3.03. The van der Waals surface area contributed by atoms with E-state index in [0.717, 1.165) is 19.3 Å². The van der Waals surface area contributed by atoms with Crippen molar-refractivity contribution < 1.29 is 19.4 Å². The topological polar surface area (TPSA) is 66.8 Å². The SMILES string of the molecule is COC1CC(C(=O)N2CCCC2C(=O)O)C1. The Balaban J connectivity index is 1.92. The van der Waals surface area contributed by atoms with Crippen LogP contribution in [0.1, 0.15) is 25.7 Å². The monoisotopic (exact) mass is 227 g/mol. The van der Waals surface area contributed by atoms with Gasteiger partial charge in [0.15, 0.2) is 0 Å². The molecule has 0 spiro atoms. The highest BCUT2D eigenvalue weighted by Crippen LogP contribution is 2.33. The third-order valence-corrected chi connectivity index (χ3v) is 3.60. The number of aliphatic carboxylic acids is 1. The summed E-state index contributed by atoms with van der Waals surface area (Å²) >= 11 is 0. The normalized spacial score (nSPS) is 33.6. The van der Waals surface area contributed by atoms with Gasteiger partial charge in [0, 0.05) is 19.6 Å². The molecule has 0 aromatic carbocycles. The van der Waals surface area contributed by atoms with Crippen LogP contribution in [-0.2, 0) is 14.3 Å². The number of ether oxygens (including phenoxy) is 1. The van der Waals surface area contributed by atoms with Gasteiger partial charge in [0.1, 0.15) is 6.04 Å². The third-order valence-electron chi connectivity index (χ3n) is 3.60. The first kappa shape index (κ1) is 11.4. The molecular formula is C11H17NO4. The van der Waals surface area contributed by atoms with Crippen molar-refractivity contribution in [2.24, 2.45) is 5.92 Å². The van der Waals surface area contributed by atoms with Crippen molar-refractivity contribution in [3.8, 4) is 0 Å². The zero-order chi connectivity index (χ0) is 11.7. The zero-order valence-electron chi connectivity index (χ0n) is 9.39. The molecule has 1 aliphatic heterocycles. The Kier molecular flexibility index (Phi) is 3.14. The highest BCUT2D eigenvalue weighted by atomic mass is 16.5. The molecule has 1 heterocycles. The summed E-state index contributed by atoms with van der Waals surface area (Å²) in [7, 11) is 1.64. The van der Waals surface area contributed by atoms with E-state index in [1.165, 1.54) is 4.90 Å². The van der Waals surface area contributed by atoms with Gasteiger partial charge in [0.05, 0.1) is 6.10 Å². The lowest BCUT2D eigenvalue weighted by atomic mass is 9.81. The van der Waals surface area contributed by atoms with Crippen molar-refractivity contribution in [1.29, 1.82) is 0 Å². The number of likely N-dealkylation sites (tertiary alicyclic amines) is 1. The molecule has 1 atom stereocenters. The smallest absolute Gasteiger partial charge is 0.326 e. The van der Waals surface area contributed by atoms with E-state index in [-0.39, 0.29) is 17.9 Å². The zero-order valence-corrected chi connectivity index (χ0v) is 9.39. The number of carbonyl (C=O) groups excluding carboxylic acids is 1. The van der Waals surface area contributed by atoms with E-state index in [2.05, 4.69) is 0 Å². The van der Waals surface area contributed by atoms with Gasteiger partial charge in [-0.15, -0.1) is 0 Å². The van der Waals surface area contributed by atoms with E-state index in [0.29, 0.717) is 13.0 Å². The van der Waals surface area contributed by atoms with E-state index < -0.39 is 12.0 Å². The highest BCUT2D eigenvalue weighted by molar-refractivity contribution is 5.86. The number of carbonyl (C=O) groups is 2. The Morgan fingerprint density at radius 2 is 2.06 bits per heavy atom. The summed E-state index contributed by atoms with van der Waals surface area (Å²) in [5.41, 5.74) is 0. The molecular weight excluding hydrogens is 210 g/mol. The summed E-state index contributed by atoms with van der Waals surface area (Å²) in [4.78, 5) is 24.5. The summed E-state index contributed by atoms with van der Waals surface area (Å²) in [5.74, 6) is -0.906. The molecule has 1 amide bonds. The number of amides is 1. The fourth-order valence-electron chi connectivity index (χ4n) is 2.48. The summed E-state index contributed by atoms with van der Waals surface area (Å²) in [6.45, 7) is 0.587. The predicted molar refractivity (Wildman–Crippen MR) is 55.9 cm³/mol.